The van der Waals surface area contributed by atoms with Gasteiger partial charge in [0.05, 0.1) is 19.5 Å². The zero-order valence-electron chi connectivity index (χ0n) is 44.1. The summed E-state index contributed by atoms with van der Waals surface area (Å²) in [6, 6.07) is 9.61. The molecule has 2 aliphatic heterocycles. The van der Waals surface area contributed by atoms with Gasteiger partial charge in [-0.05, 0) is 123 Å². The van der Waals surface area contributed by atoms with Gasteiger partial charge in [0.15, 0.2) is 9.05 Å². The Hall–Kier alpha value is -4.76. The number of anilines is 3. The zero-order chi connectivity index (χ0) is 54.9. The van der Waals surface area contributed by atoms with E-state index in [-0.39, 0.29) is 39.4 Å². The van der Waals surface area contributed by atoms with Gasteiger partial charge in [-0.25, -0.2) is 45.8 Å². The van der Waals surface area contributed by atoms with E-state index in [0.29, 0.717) is 62.4 Å². The number of amides is 4. The molecule has 2 aliphatic rings. The van der Waals surface area contributed by atoms with E-state index < -0.39 is 36.7 Å². The topological polar surface area (TPSA) is 251 Å². The van der Waals surface area contributed by atoms with Gasteiger partial charge in [-0.15, -0.1) is 11.3 Å². The van der Waals surface area contributed by atoms with Crippen LogP contribution in [0.3, 0.4) is 0 Å². The van der Waals surface area contributed by atoms with Crippen molar-refractivity contribution in [2.45, 2.75) is 129 Å². The largest absolute Gasteiger partial charge is 0.444 e. The molecule has 20 nitrogen and oxygen atoms in total. The lowest BCUT2D eigenvalue weighted by atomic mass is 10.1. The molecule has 5 N–H and O–H groups in total. The molecule has 0 spiro atoms. The van der Waals surface area contributed by atoms with Crippen LogP contribution in [0.2, 0.25) is 0 Å². The summed E-state index contributed by atoms with van der Waals surface area (Å²) in [7, 11) is -7.68. The Morgan fingerprint density at radius 2 is 1.00 bits per heavy atom. The van der Waals surface area contributed by atoms with Gasteiger partial charge < -0.3 is 40.1 Å². The van der Waals surface area contributed by atoms with Crippen molar-refractivity contribution in [3.8, 4) is 20.9 Å². The normalized spacial score (nSPS) is 14.8. The van der Waals surface area contributed by atoms with Gasteiger partial charge in [0, 0.05) is 112 Å². The Balaban J connectivity index is 0.000000267. The van der Waals surface area contributed by atoms with Gasteiger partial charge in [0.2, 0.25) is 31.9 Å². The number of hydrogen-bond acceptors (Lipinski definition) is 16. The van der Waals surface area contributed by atoms with Crippen molar-refractivity contribution >= 4 is 99.2 Å². The van der Waals surface area contributed by atoms with Crippen molar-refractivity contribution in [1.82, 2.24) is 34.5 Å². The maximum atomic E-state index is 13.3. The number of piperazine rings is 2. The van der Waals surface area contributed by atoms with Crippen LogP contribution < -0.4 is 30.3 Å². The lowest BCUT2D eigenvalue weighted by molar-refractivity contribution is -0.115. The standard InChI is InChI=1S/C24H35N5O5S2.C15H18BrN3O3S2.C9H18N2O2/c1-16(30)26-17-8-9-18(20(14-17)36(32,33)27-23(2,3)4)19-15-25-21(35-19)28-10-12-29(13-11-28)22(31)34-24(5,6)7;1-9(20)18-10-5-6-11(12-8-17-14(16)23-12)13(7-10)24(21,22)19-15(2,3)4;1-9(2,3)13-8(12)11-6-4-10-5-7-11/h8-9,14-15,27H,10-13H2,1-7H3,(H,26,30);5-8,19H,1-4H3,(H,18,20);10H,4-7H2,1-3H3. The first-order valence-electron chi connectivity index (χ1n) is 23.4. The minimum absolute atomic E-state index is 0.0635. The van der Waals surface area contributed by atoms with Crippen LogP contribution in [0.25, 0.3) is 20.9 Å². The first kappa shape index (κ1) is 60.8. The molecule has 2 saturated heterocycles. The Morgan fingerprint density at radius 3 is 1.37 bits per heavy atom. The van der Waals surface area contributed by atoms with Crippen LogP contribution in [0.4, 0.5) is 26.1 Å². The molecule has 0 saturated carbocycles. The quantitative estimate of drug-likeness (QED) is 0.106. The third kappa shape index (κ3) is 20.1. The molecule has 0 unspecified atom stereocenters. The third-order valence-corrected chi connectivity index (χ3v) is 15.7. The highest BCUT2D eigenvalue weighted by Crippen LogP contribution is 2.38. The van der Waals surface area contributed by atoms with E-state index in [2.05, 4.69) is 56.2 Å². The second-order valence-electron chi connectivity index (χ2n) is 21.2. The number of hydrogen-bond donors (Lipinski definition) is 5. The van der Waals surface area contributed by atoms with Crippen LogP contribution in [0, 0.1) is 0 Å². The van der Waals surface area contributed by atoms with E-state index in [9.17, 15) is 36.0 Å². The molecule has 4 heterocycles. The minimum atomic E-state index is -3.90. The summed E-state index contributed by atoms with van der Waals surface area (Å²) in [5.74, 6) is -0.559. The summed E-state index contributed by atoms with van der Waals surface area (Å²) >= 11 is 6.00. The third-order valence-electron chi connectivity index (χ3n) is 9.54. The minimum Gasteiger partial charge on any atom is -0.444 e. The summed E-state index contributed by atoms with van der Waals surface area (Å²) < 4.78 is 68.9. The van der Waals surface area contributed by atoms with Crippen molar-refractivity contribution in [2.24, 2.45) is 0 Å². The number of carbonyl (C=O) groups excluding carboxylic acids is 4. The number of aromatic nitrogens is 2. The average Bonchev–Trinajstić information content (AvgIpc) is 3.91. The highest BCUT2D eigenvalue weighted by Gasteiger charge is 2.31. The van der Waals surface area contributed by atoms with Gasteiger partial charge in [0.25, 0.3) is 0 Å². The number of nitrogens with one attached hydrogen (secondary N) is 5. The molecule has 0 aliphatic carbocycles. The Morgan fingerprint density at radius 1 is 0.603 bits per heavy atom. The molecule has 2 fully saturated rings. The van der Waals surface area contributed by atoms with Crippen LogP contribution in [-0.4, -0.2) is 135 Å². The predicted octanol–water partition coefficient (Wildman–Crippen LogP) is 8.34. The first-order valence-corrected chi connectivity index (χ1v) is 28.8. The Labute approximate surface area is 447 Å². The van der Waals surface area contributed by atoms with Gasteiger partial charge in [-0.3, -0.25) is 9.59 Å². The molecular weight excluding hydrogens is 1080 g/mol. The van der Waals surface area contributed by atoms with Crippen LogP contribution in [-0.2, 0) is 39.1 Å². The van der Waals surface area contributed by atoms with E-state index in [1.807, 2.05) is 41.5 Å². The monoisotopic (exact) mass is 1150 g/mol. The van der Waals surface area contributed by atoms with Crippen molar-refractivity contribution in [3.05, 3.63) is 52.7 Å². The number of ether oxygens (including phenoxy) is 2. The van der Waals surface area contributed by atoms with E-state index in [1.54, 1.807) is 88.0 Å². The van der Waals surface area contributed by atoms with Crippen molar-refractivity contribution < 1.29 is 45.5 Å². The molecule has 0 bridgehead atoms. The van der Waals surface area contributed by atoms with Crippen molar-refractivity contribution in [3.63, 3.8) is 0 Å². The lowest BCUT2D eigenvalue weighted by Gasteiger charge is -2.35. The van der Waals surface area contributed by atoms with E-state index in [4.69, 9.17) is 9.47 Å². The fourth-order valence-electron chi connectivity index (χ4n) is 6.87. The Bertz CT molecular complexity index is 2800. The van der Waals surface area contributed by atoms with Crippen LogP contribution in [0.5, 0.6) is 0 Å². The molecule has 6 rings (SSSR count). The number of sulfonamides is 2. The number of halogens is 1. The second kappa shape index (κ2) is 24.7. The average molecular weight is 1160 g/mol. The van der Waals surface area contributed by atoms with E-state index >= 15 is 0 Å². The number of nitrogens with zero attached hydrogens (tertiary/aromatic N) is 5. The van der Waals surface area contributed by atoms with Crippen molar-refractivity contribution in [1.29, 1.82) is 0 Å². The maximum Gasteiger partial charge on any atom is 0.410 e. The summed E-state index contributed by atoms with van der Waals surface area (Å²) in [6.07, 6.45) is 2.73. The second-order valence-corrected chi connectivity index (χ2v) is 27.8. The molecule has 4 amide bonds. The molecule has 4 aromatic rings. The molecule has 25 heteroatoms. The molecule has 404 valence electrons. The number of carbonyl (C=O) groups is 4. The zero-order valence-corrected chi connectivity index (χ0v) is 49.0. The summed E-state index contributed by atoms with van der Waals surface area (Å²) in [6.45, 7) is 29.9. The van der Waals surface area contributed by atoms with Crippen LogP contribution in [0.1, 0.15) is 96.9 Å². The molecule has 0 radical (unpaired) electrons. The fourth-order valence-corrected chi connectivity index (χ4v) is 12.6. The first-order chi connectivity index (χ1) is 33.5. The van der Waals surface area contributed by atoms with Crippen molar-refractivity contribution in [2.75, 3.05) is 67.9 Å². The fraction of sp³-hybridized carbons (Fsp3) is 0.542. The molecule has 2 aromatic heterocycles. The van der Waals surface area contributed by atoms with Gasteiger partial charge >= 0.3 is 12.2 Å². The highest BCUT2D eigenvalue weighted by atomic mass is 79.9. The highest BCUT2D eigenvalue weighted by molar-refractivity contribution is 9.11. The van der Waals surface area contributed by atoms with E-state index in [0.717, 1.165) is 31.3 Å². The molecule has 73 heavy (non-hydrogen) atoms. The SMILES string of the molecule is CC(=O)Nc1ccc(-c2cnc(Br)s2)c(S(=O)(=O)NC(C)(C)C)c1.CC(=O)Nc1ccc(-c2cnc(N3CCN(C(=O)OC(C)(C)C)CC3)s2)c(S(=O)(=O)NC(C)(C)C)c1.CC(C)(C)OC(=O)N1CCNCC1. The number of thiazole rings is 2. The molecule has 0 atom stereocenters. The smallest absolute Gasteiger partial charge is 0.410 e. The number of benzene rings is 2. The van der Waals surface area contributed by atoms with Gasteiger partial charge in [0.1, 0.15) is 11.2 Å². The molecule has 2 aromatic carbocycles. The van der Waals surface area contributed by atoms with Gasteiger partial charge in [-0.2, -0.15) is 0 Å². The summed E-state index contributed by atoms with van der Waals surface area (Å²) in [5, 5.41) is 9.19. The van der Waals surface area contributed by atoms with Gasteiger partial charge in [-0.1, -0.05) is 23.5 Å². The van der Waals surface area contributed by atoms with Crippen LogP contribution >= 0.6 is 38.6 Å². The summed E-state index contributed by atoms with van der Waals surface area (Å²) in [4.78, 5) is 62.4. The maximum absolute atomic E-state index is 13.3. The number of rotatable bonds is 9. The Kier molecular flexibility index (Phi) is 20.6. The summed E-state index contributed by atoms with van der Waals surface area (Å²) in [5.41, 5.74) is -0.412. The predicted molar refractivity (Wildman–Crippen MR) is 292 cm³/mol. The lowest BCUT2D eigenvalue weighted by Crippen LogP contribution is -2.50. The molecular formula is C48H71BrN10O10S4. The van der Waals surface area contributed by atoms with Crippen LogP contribution in [0.15, 0.2) is 62.5 Å². The van der Waals surface area contributed by atoms with E-state index in [1.165, 1.54) is 48.7 Å².